The van der Waals surface area contributed by atoms with Gasteiger partial charge >= 0.3 is 0 Å². The summed E-state index contributed by atoms with van der Waals surface area (Å²) in [5.41, 5.74) is 0.393. The van der Waals surface area contributed by atoms with Crippen molar-refractivity contribution in [2.24, 2.45) is 11.8 Å². The molecule has 0 aromatic carbocycles. The molecule has 0 bridgehead atoms. The van der Waals surface area contributed by atoms with Crippen LogP contribution in [0.15, 0.2) is 5.38 Å². The molecule has 1 amide bonds. The van der Waals surface area contributed by atoms with Crippen LogP contribution in [0.25, 0.3) is 0 Å². The van der Waals surface area contributed by atoms with Crippen molar-refractivity contribution in [2.75, 3.05) is 12.8 Å². The Morgan fingerprint density at radius 1 is 1.34 bits per heavy atom. The zero-order valence-corrected chi connectivity index (χ0v) is 20.9. The van der Waals surface area contributed by atoms with Crippen molar-refractivity contribution >= 4 is 29.0 Å². The lowest BCUT2D eigenvalue weighted by Gasteiger charge is -2.44. The molecular weight excluding hydrogens is 450 g/mol. The van der Waals surface area contributed by atoms with E-state index in [1.54, 1.807) is 17.6 Å². The Bertz CT molecular complexity index is 747. The molecule has 2 saturated heterocycles. The molecule has 5 N–H and O–H groups in total. The lowest BCUT2D eigenvalue weighted by atomic mass is 9.86. The van der Waals surface area contributed by atoms with Crippen LogP contribution in [0.5, 0.6) is 0 Å². The van der Waals surface area contributed by atoms with Gasteiger partial charge in [0.25, 0.3) is 0 Å². The van der Waals surface area contributed by atoms with Crippen molar-refractivity contribution in [3.63, 3.8) is 0 Å². The Kier molecular flexibility index (Phi) is 9.37. The number of thiazole rings is 1. The number of hydrogen-bond donors (Lipinski definition) is 5. The maximum Gasteiger partial charge on any atom is 0.237 e. The molecule has 8 atom stereocenters. The van der Waals surface area contributed by atoms with Crippen LogP contribution in [0.2, 0.25) is 0 Å². The summed E-state index contributed by atoms with van der Waals surface area (Å²) in [5, 5.41) is 40.6. The first kappa shape index (κ1) is 25.9. The van der Waals surface area contributed by atoms with Crippen molar-refractivity contribution in [2.45, 2.75) is 88.4 Å². The number of carbonyl (C=O) groups is 1. The molecule has 8 nitrogen and oxygen atoms in total. The number of thioether (sulfide) groups is 1. The molecular formula is C22H37N3O5S2. The number of nitrogens with zero attached hydrogens (tertiary/aromatic N) is 1. The van der Waals surface area contributed by atoms with E-state index >= 15 is 0 Å². The number of aryl methyl sites for hydroxylation is 2. The van der Waals surface area contributed by atoms with Gasteiger partial charge in [-0.2, -0.15) is 0 Å². The Hall–Kier alpha value is -0.750. The smallest absolute Gasteiger partial charge is 0.237 e. The fraction of sp³-hybridized carbons (Fsp3) is 0.818. The molecule has 0 spiro atoms. The van der Waals surface area contributed by atoms with Crippen LogP contribution in [0.4, 0.5) is 0 Å². The standard InChI is InChI=1S/C22H37N3O5S2/c1-11(2)16(20-18(27)17(26)19(28)22(30-20)31-4)25-21(29)14-9-13(7-8-23-14)5-6-15-24-12(3)10-32-15/h10-11,13-14,16-20,22-23,26-28H,5-9H2,1-4H3,(H,25,29)/t13-,14+,16-,17+,18-,19-,20-,22-/m1/s1. The summed E-state index contributed by atoms with van der Waals surface area (Å²) < 4.78 is 5.91. The molecule has 32 heavy (non-hydrogen) atoms. The zero-order valence-electron chi connectivity index (χ0n) is 19.2. The minimum absolute atomic E-state index is 0.0314. The van der Waals surface area contributed by atoms with Gasteiger partial charge in [-0.05, 0) is 57.2 Å². The van der Waals surface area contributed by atoms with E-state index in [4.69, 9.17) is 4.74 Å². The summed E-state index contributed by atoms with van der Waals surface area (Å²) in [4.78, 5) is 17.7. The highest BCUT2D eigenvalue weighted by Gasteiger charge is 2.47. The first-order valence-electron chi connectivity index (χ1n) is 11.4. The highest BCUT2D eigenvalue weighted by atomic mass is 32.2. The van der Waals surface area contributed by atoms with E-state index in [0.29, 0.717) is 5.92 Å². The van der Waals surface area contributed by atoms with Crippen LogP contribution < -0.4 is 10.6 Å². The van der Waals surface area contributed by atoms with Gasteiger partial charge in [0.1, 0.15) is 29.9 Å². The Morgan fingerprint density at radius 3 is 2.72 bits per heavy atom. The molecule has 3 rings (SSSR count). The van der Waals surface area contributed by atoms with Crippen molar-refractivity contribution in [1.82, 2.24) is 15.6 Å². The van der Waals surface area contributed by atoms with Gasteiger partial charge in [-0.15, -0.1) is 23.1 Å². The summed E-state index contributed by atoms with van der Waals surface area (Å²) >= 11 is 2.96. The normalized spacial score (nSPS) is 34.4. The van der Waals surface area contributed by atoms with Crippen LogP contribution in [-0.2, 0) is 16.0 Å². The topological polar surface area (TPSA) is 124 Å². The third kappa shape index (κ3) is 6.22. The van der Waals surface area contributed by atoms with Gasteiger partial charge < -0.3 is 30.7 Å². The summed E-state index contributed by atoms with van der Waals surface area (Å²) in [6.07, 6.45) is 0.920. The third-order valence-electron chi connectivity index (χ3n) is 6.48. The minimum Gasteiger partial charge on any atom is -0.388 e. The maximum atomic E-state index is 13.1. The van der Waals surface area contributed by atoms with E-state index in [2.05, 4.69) is 21.0 Å². The van der Waals surface area contributed by atoms with Gasteiger partial charge in [-0.25, -0.2) is 4.98 Å². The molecule has 2 fully saturated rings. The number of hydrogen-bond acceptors (Lipinski definition) is 9. The van der Waals surface area contributed by atoms with Gasteiger partial charge in [0, 0.05) is 11.1 Å². The van der Waals surface area contributed by atoms with E-state index < -0.39 is 35.9 Å². The van der Waals surface area contributed by atoms with Gasteiger partial charge in [0.15, 0.2) is 0 Å². The lowest BCUT2D eigenvalue weighted by Crippen LogP contribution is -2.65. The van der Waals surface area contributed by atoms with E-state index in [1.807, 2.05) is 20.8 Å². The third-order valence-corrected chi connectivity index (χ3v) is 8.36. The van der Waals surface area contributed by atoms with E-state index in [9.17, 15) is 20.1 Å². The summed E-state index contributed by atoms with van der Waals surface area (Å²) in [6, 6.07) is -0.796. The Labute approximate surface area is 198 Å². The largest absolute Gasteiger partial charge is 0.388 e. The van der Waals surface area contributed by atoms with Crippen molar-refractivity contribution < 1.29 is 24.9 Å². The molecule has 0 radical (unpaired) electrons. The van der Waals surface area contributed by atoms with Gasteiger partial charge in [0.05, 0.1) is 17.1 Å². The van der Waals surface area contributed by atoms with Crippen LogP contribution in [-0.4, -0.2) is 80.9 Å². The SMILES string of the molecule is CS[C@H]1O[C@H]([C@H](NC(=O)[C@@H]2C[C@H](CCc3nc(C)cs3)CCN2)C(C)C)[C@H](O)[C@H](O)[C@H]1O. The number of ether oxygens (including phenoxy) is 1. The molecule has 182 valence electrons. The number of amides is 1. The van der Waals surface area contributed by atoms with Crippen LogP contribution >= 0.6 is 23.1 Å². The lowest BCUT2D eigenvalue weighted by molar-refractivity contribution is -0.208. The minimum atomic E-state index is -1.32. The second kappa shape index (κ2) is 11.6. The summed E-state index contributed by atoms with van der Waals surface area (Å²) in [7, 11) is 0. The first-order valence-corrected chi connectivity index (χ1v) is 13.5. The fourth-order valence-corrected chi connectivity index (χ4v) is 6.03. The Morgan fingerprint density at radius 2 is 2.09 bits per heavy atom. The molecule has 2 aliphatic heterocycles. The highest BCUT2D eigenvalue weighted by Crippen LogP contribution is 2.31. The second-order valence-corrected chi connectivity index (χ2v) is 11.2. The highest BCUT2D eigenvalue weighted by molar-refractivity contribution is 7.99. The molecule has 0 aliphatic carbocycles. The Balaban J connectivity index is 1.60. The number of piperidine rings is 1. The van der Waals surface area contributed by atoms with Gasteiger partial charge in [0.2, 0.25) is 5.91 Å². The maximum absolute atomic E-state index is 13.1. The quantitative estimate of drug-likeness (QED) is 0.369. The van der Waals surface area contributed by atoms with Crippen LogP contribution in [0.1, 0.15) is 43.8 Å². The predicted octanol–water partition coefficient (Wildman–Crippen LogP) is 1.06. The zero-order chi connectivity index (χ0) is 23.4. The van der Waals surface area contributed by atoms with Crippen molar-refractivity contribution in [3.05, 3.63) is 16.1 Å². The fourth-order valence-electron chi connectivity index (χ4n) is 4.56. The number of carbonyl (C=O) groups excluding carboxylic acids is 1. The molecule has 1 aromatic rings. The second-order valence-electron chi connectivity index (χ2n) is 9.27. The molecule has 2 aliphatic rings. The van der Waals surface area contributed by atoms with Crippen LogP contribution in [0, 0.1) is 18.8 Å². The number of rotatable bonds is 8. The molecule has 3 heterocycles. The van der Waals surface area contributed by atoms with Crippen molar-refractivity contribution in [1.29, 1.82) is 0 Å². The average molecular weight is 488 g/mol. The monoisotopic (exact) mass is 487 g/mol. The number of aliphatic hydroxyl groups excluding tert-OH is 3. The van der Waals surface area contributed by atoms with E-state index in [-0.39, 0.29) is 17.9 Å². The van der Waals surface area contributed by atoms with Crippen molar-refractivity contribution in [3.8, 4) is 0 Å². The van der Waals surface area contributed by atoms with E-state index in [0.717, 1.165) is 42.9 Å². The summed E-state index contributed by atoms with van der Waals surface area (Å²) in [6.45, 7) is 6.68. The van der Waals surface area contributed by atoms with Crippen LogP contribution in [0.3, 0.4) is 0 Å². The van der Waals surface area contributed by atoms with Gasteiger partial charge in [-0.1, -0.05) is 13.8 Å². The molecule has 0 unspecified atom stereocenters. The molecule has 0 saturated carbocycles. The van der Waals surface area contributed by atoms with Gasteiger partial charge in [-0.3, -0.25) is 4.79 Å². The number of aromatic nitrogens is 1. The van der Waals surface area contributed by atoms with E-state index in [1.165, 1.54) is 11.8 Å². The molecule has 1 aromatic heterocycles. The molecule has 10 heteroatoms. The predicted molar refractivity (Wildman–Crippen MR) is 127 cm³/mol. The average Bonchev–Trinajstić information content (AvgIpc) is 3.20. The first-order chi connectivity index (χ1) is 15.2. The number of aliphatic hydroxyl groups is 3. The summed E-state index contributed by atoms with van der Waals surface area (Å²) in [5.74, 6) is 0.301. The number of nitrogens with one attached hydrogen (secondary N) is 2.